The van der Waals surface area contributed by atoms with E-state index in [0.29, 0.717) is 28.2 Å². The molecule has 1 N–H and O–H groups in total. The van der Waals surface area contributed by atoms with Gasteiger partial charge in [0.05, 0.1) is 27.7 Å². The molecule has 1 aliphatic heterocycles. The van der Waals surface area contributed by atoms with Gasteiger partial charge in [-0.25, -0.2) is 17.5 Å². The van der Waals surface area contributed by atoms with Crippen LogP contribution in [0.4, 0.5) is 10.2 Å². The molecular formula is C16H17BrFN3O4S. The van der Waals surface area contributed by atoms with Gasteiger partial charge >= 0.3 is 0 Å². The van der Waals surface area contributed by atoms with Crippen molar-refractivity contribution in [3.63, 3.8) is 0 Å². The molecule has 1 aliphatic rings. The Morgan fingerprint density at radius 2 is 2.23 bits per heavy atom. The molecule has 2 aromatic rings. The summed E-state index contributed by atoms with van der Waals surface area (Å²) >= 11 is 3.17. The number of aromatic nitrogens is 2. The number of aryl methyl sites for hydroxylation is 1. The zero-order chi connectivity index (χ0) is 18.9. The fourth-order valence-corrected chi connectivity index (χ4v) is 4.93. The third kappa shape index (κ3) is 4.42. The highest BCUT2D eigenvalue weighted by atomic mass is 79.9. The fourth-order valence-electron chi connectivity index (χ4n) is 2.77. The first kappa shape index (κ1) is 18.8. The van der Waals surface area contributed by atoms with Crippen molar-refractivity contribution in [1.82, 2.24) is 9.78 Å². The van der Waals surface area contributed by atoms with Crippen LogP contribution in [0.15, 0.2) is 28.7 Å². The predicted octanol–water partition coefficient (Wildman–Crippen LogP) is 2.47. The molecule has 0 saturated carbocycles. The maximum atomic E-state index is 13.1. The number of nitrogens with one attached hydrogen (secondary N) is 1. The number of rotatable bonds is 5. The quantitative estimate of drug-likeness (QED) is 0.763. The van der Waals surface area contributed by atoms with Gasteiger partial charge in [-0.3, -0.25) is 4.79 Å². The molecular weight excluding hydrogens is 429 g/mol. The first-order chi connectivity index (χ1) is 12.2. The number of hydrogen-bond acceptors (Lipinski definition) is 5. The second-order valence-electron chi connectivity index (χ2n) is 6.08. The van der Waals surface area contributed by atoms with Crippen LogP contribution >= 0.6 is 15.9 Å². The van der Waals surface area contributed by atoms with Crippen LogP contribution in [0, 0.1) is 12.7 Å². The third-order valence-electron chi connectivity index (χ3n) is 3.93. The predicted molar refractivity (Wildman–Crippen MR) is 97.5 cm³/mol. The van der Waals surface area contributed by atoms with E-state index in [9.17, 15) is 17.6 Å². The average Bonchev–Trinajstić information content (AvgIpc) is 3.08. The van der Waals surface area contributed by atoms with Crippen molar-refractivity contribution in [2.75, 3.05) is 23.4 Å². The lowest BCUT2D eigenvalue weighted by atomic mass is 10.3. The molecule has 0 unspecified atom stereocenters. The average molecular weight is 446 g/mol. The SMILES string of the molecule is Cc1cc(NC(=O)COc2ccc(F)cc2Br)n([C@H]2CCS(=O)(=O)C2)n1. The van der Waals surface area contributed by atoms with Crippen molar-refractivity contribution in [1.29, 1.82) is 0 Å². The van der Waals surface area contributed by atoms with Crippen LogP contribution in [0.5, 0.6) is 5.75 Å². The number of amides is 1. The summed E-state index contributed by atoms with van der Waals surface area (Å²) in [5.41, 5.74) is 0.673. The van der Waals surface area contributed by atoms with Crippen molar-refractivity contribution in [2.24, 2.45) is 0 Å². The Hall–Kier alpha value is -1.94. The Balaban J connectivity index is 1.66. The summed E-state index contributed by atoms with van der Waals surface area (Å²) in [6.45, 7) is 1.49. The van der Waals surface area contributed by atoms with Gasteiger partial charge in [-0.05, 0) is 47.5 Å². The molecule has 3 rings (SSSR count). The van der Waals surface area contributed by atoms with Crippen LogP contribution in [0.3, 0.4) is 0 Å². The van der Waals surface area contributed by atoms with E-state index in [-0.39, 0.29) is 24.2 Å². The van der Waals surface area contributed by atoms with Crippen LogP contribution in [0.25, 0.3) is 0 Å². The summed E-state index contributed by atoms with van der Waals surface area (Å²) in [7, 11) is -3.07. The van der Waals surface area contributed by atoms with Crippen LogP contribution < -0.4 is 10.1 Å². The number of anilines is 1. The van der Waals surface area contributed by atoms with Crippen LogP contribution in [0.2, 0.25) is 0 Å². The summed E-state index contributed by atoms with van der Waals surface area (Å²) in [6.07, 6.45) is 0.464. The summed E-state index contributed by atoms with van der Waals surface area (Å²) < 4.78 is 43.8. The minimum Gasteiger partial charge on any atom is -0.483 e. The second-order valence-corrected chi connectivity index (χ2v) is 9.17. The third-order valence-corrected chi connectivity index (χ3v) is 6.30. The minimum atomic E-state index is -3.07. The Morgan fingerprint density at radius 1 is 1.46 bits per heavy atom. The summed E-state index contributed by atoms with van der Waals surface area (Å²) in [4.78, 5) is 12.2. The number of halogens is 2. The topological polar surface area (TPSA) is 90.3 Å². The highest BCUT2D eigenvalue weighted by Gasteiger charge is 2.31. The maximum absolute atomic E-state index is 13.1. The fraction of sp³-hybridized carbons (Fsp3) is 0.375. The Morgan fingerprint density at radius 3 is 2.88 bits per heavy atom. The van der Waals surface area contributed by atoms with Gasteiger partial charge in [0.1, 0.15) is 17.4 Å². The molecule has 7 nitrogen and oxygen atoms in total. The lowest BCUT2D eigenvalue weighted by Gasteiger charge is -2.14. The van der Waals surface area contributed by atoms with Gasteiger partial charge < -0.3 is 10.1 Å². The first-order valence-corrected chi connectivity index (χ1v) is 10.5. The van der Waals surface area contributed by atoms with E-state index < -0.39 is 21.6 Å². The molecule has 1 amide bonds. The summed E-state index contributed by atoms with van der Waals surface area (Å²) in [5, 5.41) is 6.99. The van der Waals surface area contributed by atoms with Gasteiger partial charge in [0, 0.05) is 6.07 Å². The first-order valence-electron chi connectivity index (χ1n) is 7.88. The number of ether oxygens (including phenoxy) is 1. The van der Waals surface area contributed by atoms with Crippen molar-refractivity contribution >= 4 is 37.5 Å². The molecule has 2 heterocycles. The van der Waals surface area contributed by atoms with E-state index in [2.05, 4.69) is 26.3 Å². The van der Waals surface area contributed by atoms with Gasteiger partial charge in [-0.2, -0.15) is 5.10 Å². The lowest BCUT2D eigenvalue weighted by Crippen LogP contribution is -2.24. The van der Waals surface area contributed by atoms with E-state index in [4.69, 9.17) is 4.74 Å². The van der Waals surface area contributed by atoms with E-state index in [1.807, 2.05) is 0 Å². The van der Waals surface area contributed by atoms with Gasteiger partial charge in [0.15, 0.2) is 16.4 Å². The minimum absolute atomic E-state index is 0.00994. The van der Waals surface area contributed by atoms with Crippen LogP contribution in [0.1, 0.15) is 18.2 Å². The van der Waals surface area contributed by atoms with Gasteiger partial charge in [0.2, 0.25) is 0 Å². The molecule has 0 bridgehead atoms. The van der Waals surface area contributed by atoms with E-state index in [1.165, 1.54) is 18.2 Å². The highest BCUT2D eigenvalue weighted by Crippen LogP contribution is 2.28. The number of carbonyl (C=O) groups excluding carboxylic acids is 1. The smallest absolute Gasteiger partial charge is 0.263 e. The van der Waals surface area contributed by atoms with E-state index in [0.717, 1.165) is 0 Å². The molecule has 1 aromatic heterocycles. The van der Waals surface area contributed by atoms with Crippen molar-refractivity contribution < 1.29 is 22.3 Å². The standard InChI is InChI=1S/C16H17BrFN3O4S/c1-10-6-15(21(20-10)12-4-5-26(23,24)9-12)19-16(22)8-25-14-3-2-11(18)7-13(14)17/h2-3,6-7,12H,4-5,8-9H2,1H3,(H,19,22)/t12-/m0/s1. The zero-order valence-corrected chi connectivity index (χ0v) is 16.3. The monoisotopic (exact) mass is 445 g/mol. The molecule has 140 valence electrons. The zero-order valence-electron chi connectivity index (χ0n) is 13.9. The number of sulfone groups is 1. The Kier molecular flexibility index (Phi) is 5.33. The largest absolute Gasteiger partial charge is 0.483 e. The molecule has 10 heteroatoms. The molecule has 0 aliphatic carbocycles. The van der Waals surface area contributed by atoms with E-state index >= 15 is 0 Å². The number of hydrogen-bond donors (Lipinski definition) is 1. The van der Waals surface area contributed by atoms with Gasteiger partial charge in [0.25, 0.3) is 5.91 Å². The van der Waals surface area contributed by atoms with Crippen molar-refractivity contribution in [3.05, 3.63) is 40.2 Å². The Bertz CT molecular complexity index is 945. The normalized spacial score (nSPS) is 18.7. The van der Waals surface area contributed by atoms with Crippen LogP contribution in [-0.2, 0) is 14.6 Å². The number of benzene rings is 1. The maximum Gasteiger partial charge on any atom is 0.263 e. The van der Waals surface area contributed by atoms with Gasteiger partial charge in [-0.15, -0.1) is 0 Å². The van der Waals surface area contributed by atoms with Crippen molar-refractivity contribution in [2.45, 2.75) is 19.4 Å². The molecule has 0 radical (unpaired) electrons. The van der Waals surface area contributed by atoms with Gasteiger partial charge in [-0.1, -0.05) is 0 Å². The number of carbonyl (C=O) groups is 1. The highest BCUT2D eigenvalue weighted by molar-refractivity contribution is 9.10. The summed E-state index contributed by atoms with van der Waals surface area (Å²) in [6, 6.07) is 5.28. The number of nitrogens with zero attached hydrogens (tertiary/aromatic N) is 2. The molecule has 26 heavy (non-hydrogen) atoms. The molecule has 0 spiro atoms. The molecule has 1 aromatic carbocycles. The van der Waals surface area contributed by atoms with E-state index in [1.54, 1.807) is 17.7 Å². The molecule has 1 fully saturated rings. The Labute approximate surface area is 158 Å². The summed E-state index contributed by atoms with van der Waals surface area (Å²) in [5.74, 6) is 0.0501. The molecule has 1 atom stereocenters. The lowest BCUT2D eigenvalue weighted by molar-refractivity contribution is -0.118. The molecule has 1 saturated heterocycles. The second kappa shape index (κ2) is 7.36. The van der Waals surface area contributed by atoms with Crippen LogP contribution in [-0.4, -0.2) is 42.2 Å². The van der Waals surface area contributed by atoms with Crippen molar-refractivity contribution in [3.8, 4) is 5.75 Å².